The van der Waals surface area contributed by atoms with Crippen LogP contribution in [0.15, 0.2) is 65.1 Å². The van der Waals surface area contributed by atoms with E-state index < -0.39 is 0 Å². The second-order valence-electron chi connectivity index (χ2n) is 7.76. The predicted molar refractivity (Wildman–Crippen MR) is 135 cm³/mol. The summed E-state index contributed by atoms with van der Waals surface area (Å²) in [4.78, 5) is 17.2. The summed E-state index contributed by atoms with van der Waals surface area (Å²) in [6.45, 7) is 5.80. The van der Waals surface area contributed by atoms with Gasteiger partial charge in [0, 0.05) is 21.8 Å². The summed E-state index contributed by atoms with van der Waals surface area (Å²) in [6.07, 6.45) is 0.0135. The van der Waals surface area contributed by atoms with Crippen molar-refractivity contribution in [1.82, 2.24) is 10.3 Å². The zero-order valence-electron chi connectivity index (χ0n) is 18.3. The highest BCUT2D eigenvalue weighted by Gasteiger charge is 2.13. The van der Waals surface area contributed by atoms with Crippen molar-refractivity contribution in [3.05, 3.63) is 76.8 Å². The summed E-state index contributed by atoms with van der Waals surface area (Å²) < 4.78 is 11.5. The molecule has 0 unspecified atom stereocenters. The van der Waals surface area contributed by atoms with E-state index in [4.69, 9.17) is 33.0 Å². The fourth-order valence-electron chi connectivity index (χ4n) is 3.23. The largest absolute Gasteiger partial charge is 0.491 e. The lowest BCUT2D eigenvalue weighted by atomic mass is 10.1. The van der Waals surface area contributed by atoms with E-state index in [2.05, 4.69) is 15.6 Å². The minimum atomic E-state index is -0.327. The van der Waals surface area contributed by atoms with Crippen LogP contribution in [-0.4, -0.2) is 22.1 Å². The van der Waals surface area contributed by atoms with Gasteiger partial charge in [0.05, 0.1) is 6.10 Å². The Kier molecular flexibility index (Phi) is 6.62. The van der Waals surface area contributed by atoms with Crippen LogP contribution in [0.4, 0.5) is 5.69 Å². The van der Waals surface area contributed by atoms with Crippen molar-refractivity contribution in [2.24, 2.45) is 0 Å². The molecule has 1 aromatic heterocycles. The molecule has 0 saturated heterocycles. The Balaban J connectivity index is 1.49. The first-order valence-electron chi connectivity index (χ1n) is 10.3. The number of amides is 1. The Labute approximate surface area is 201 Å². The van der Waals surface area contributed by atoms with Gasteiger partial charge in [-0.25, -0.2) is 4.98 Å². The maximum Gasteiger partial charge on any atom is 0.257 e. The van der Waals surface area contributed by atoms with E-state index in [1.165, 1.54) is 0 Å². The van der Waals surface area contributed by atoms with Gasteiger partial charge in [-0.15, -0.1) is 0 Å². The Hall–Kier alpha value is -3.42. The van der Waals surface area contributed by atoms with Gasteiger partial charge in [-0.05, 0) is 87.1 Å². The average molecular weight is 480 g/mol. The molecule has 2 N–H and O–H groups in total. The van der Waals surface area contributed by atoms with Crippen LogP contribution in [0.3, 0.4) is 0 Å². The lowest BCUT2D eigenvalue weighted by Crippen LogP contribution is -2.34. The van der Waals surface area contributed by atoms with Crippen LogP contribution in [0.5, 0.6) is 5.75 Å². The van der Waals surface area contributed by atoms with Crippen LogP contribution in [0.1, 0.15) is 29.8 Å². The molecule has 168 valence electrons. The van der Waals surface area contributed by atoms with Gasteiger partial charge in [0.25, 0.3) is 5.91 Å². The third kappa shape index (κ3) is 5.50. The number of thiocarbonyl (C=S) groups is 1. The van der Waals surface area contributed by atoms with Crippen molar-refractivity contribution in [2.75, 3.05) is 5.32 Å². The molecular formula is C25H22ClN3O3S. The second kappa shape index (κ2) is 9.60. The zero-order valence-corrected chi connectivity index (χ0v) is 19.9. The van der Waals surface area contributed by atoms with E-state index in [-0.39, 0.29) is 17.1 Å². The zero-order chi connectivity index (χ0) is 23.5. The van der Waals surface area contributed by atoms with E-state index >= 15 is 0 Å². The van der Waals surface area contributed by atoms with Crippen LogP contribution in [-0.2, 0) is 0 Å². The number of hydrogen-bond donors (Lipinski definition) is 2. The Morgan fingerprint density at radius 3 is 2.73 bits per heavy atom. The lowest BCUT2D eigenvalue weighted by Gasteiger charge is -2.14. The maximum absolute atomic E-state index is 12.7. The number of aromatic nitrogens is 1. The first kappa shape index (κ1) is 22.8. The standard InChI is InChI=1S/C25H22ClN3O3S/c1-14(2)31-19-6-4-5-16(11-19)23(30)29-25(33)28-20-12-17(8-7-15(20)3)24-27-21-13-18(26)9-10-22(21)32-24/h4-14H,1-3H3,(H2,28,29,30,33). The van der Waals surface area contributed by atoms with Crippen LogP contribution >= 0.6 is 23.8 Å². The van der Waals surface area contributed by atoms with E-state index in [1.54, 1.807) is 36.4 Å². The minimum absolute atomic E-state index is 0.0135. The van der Waals surface area contributed by atoms with Crippen LogP contribution in [0.25, 0.3) is 22.6 Å². The first-order valence-corrected chi connectivity index (χ1v) is 11.1. The molecule has 4 aromatic rings. The number of fused-ring (bicyclic) bond motifs is 1. The van der Waals surface area contributed by atoms with Gasteiger partial charge >= 0.3 is 0 Å². The van der Waals surface area contributed by atoms with Gasteiger partial charge in [0.15, 0.2) is 10.7 Å². The molecular weight excluding hydrogens is 458 g/mol. The number of benzene rings is 3. The van der Waals surface area contributed by atoms with Gasteiger partial charge in [-0.1, -0.05) is 23.7 Å². The molecule has 6 nitrogen and oxygen atoms in total. The number of aryl methyl sites for hydroxylation is 1. The Morgan fingerprint density at radius 2 is 1.94 bits per heavy atom. The number of halogens is 1. The fourth-order valence-corrected chi connectivity index (χ4v) is 3.59. The first-order chi connectivity index (χ1) is 15.8. The Bertz CT molecular complexity index is 1350. The van der Waals surface area contributed by atoms with Crippen molar-refractivity contribution in [3.8, 4) is 17.2 Å². The molecule has 1 heterocycles. The van der Waals surface area contributed by atoms with Crippen LogP contribution in [0, 0.1) is 6.92 Å². The summed E-state index contributed by atoms with van der Waals surface area (Å²) in [7, 11) is 0. The molecule has 0 fully saturated rings. The molecule has 0 aliphatic heterocycles. The summed E-state index contributed by atoms with van der Waals surface area (Å²) >= 11 is 11.4. The van der Waals surface area contributed by atoms with E-state index in [0.29, 0.717) is 33.3 Å². The molecule has 0 atom stereocenters. The molecule has 0 spiro atoms. The van der Waals surface area contributed by atoms with Crippen LogP contribution in [0.2, 0.25) is 5.02 Å². The van der Waals surface area contributed by atoms with Crippen molar-refractivity contribution < 1.29 is 13.9 Å². The van der Waals surface area contributed by atoms with Gasteiger partial charge in [0.2, 0.25) is 5.89 Å². The van der Waals surface area contributed by atoms with Crippen LogP contribution < -0.4 is 15.4 Å². The van der Waals surface area contributed by atoms with Crippen molar-refractivity contribution in [3.63, 3.8) is 0 Å². The smallest absolute Gasteiger partial charge is 0.257 e. The number of carbonyl (C=O) groups is 1. The third-order valence-corrected chi connectivity index (χ3v) is 5.22. The highest BCUT2D eigenvalue weighted by Crippen LogP contribution is 2.29. The van der Waals surface area contributed by atoms with E-state index in [0.717, 1.165) is 16.8 Å². The molecule has 0 bridgehead atoms. The highest BCUT2D eigenvalue weighted by molar-refractivity contribution is 7.80. The maximum atomic E-state index is 12.7. The molecule has 0 aliphatic carbocycles. The number of ether oxygens (including phenoxy) is 1. The number of rotatable bonds is 5. The van der Waals surface area contributed by atoms with Crippen molar-refractivity contribution >= 4 is 51.6 Å². The number of nitrogens with zero attached hydrogens (tertiary/aromatic N) is 1. The molecule has 3 aromatic carbocycles. The number of oxazole rings is 1. The van der Waals surface area contributed by atoms with Gasteiger partial charge in [0.1, 0.15) is 11.3 Å². The molecule has 0 saturated carbocycles. The Morgan fingerprint density at radius 1 is 1.12 bits per heavy atom. The minimum Gasteiger partial charge on any atom is -0.491 e. The van der Waals surface area contributed by atoms with E-state index in [9.17, 15) is 4.79 Å². The molecule has 33 heavy (non-hydrogen) atoms. The quantitative estimate of drug-likeness (QED) is 0.324. The monoisotopic (exact) mass is 479 g/mol. The molecule has 0 radical (unpaired) electrons. The molecule has 4 rings (SSSR count). The lowest BCUT2D eigenvalue weighted by molar-refractivity contribution is 0.0977. The second-order valence-corrected chi connectivity index (χ2v) is 8.61. The highest BCUT2D eigenvalue weighted by atomic mass is 35.5. The fraction of sp³-hybridized carbons (Fsp3) is 0.160. The summed E-state index contributed by atoms with van der Waals surface area (Å²) in [5, 5.41) is 6.57. The SMILES string of the molecule is Cc1ccc(-c2nc3cc(Cl)ccc3o2)cc1NC(=S)NC(=O)c1cccc(OC(C)C)c1. The summed E-state index contributed by atoms with van der Waals surface area (Å²) in [5.41, 5.74) is 4.22. The van der Waals surface area contributed by atoms with Crippen molar-refractivity contribution in [1.29, 1.82) is 0 Å². The van der Waals surface area contributed by atoms with Gasteiger partial charge < -0.3 is 14.5 Å². The van der Waals surface area contributed by atoms with Gasteiger partial charge in [-0.3, -0.25) is 10.1 Å². The number of anilines is 1. The number of carbonyl (C=O) groups excluding carboxylic acids is 1. The predicted octanol–water partition coefficient (Wildman–Crippen LogP) is 6.37. The summed E-state index contributed by atoms with van der Waals surface area (Å²) in [6, 6.07) is 18.0. The molecule has 8 heteroatoms. The molecule has 0 aliphatic rings. The normalized spacial score (nSPS) is 10.9. The topological polar surface area (TPSA) is 76.4 Å². The number of hydrogen-bond acceptors (Lipinski definition) is 5. The number of nitrogens with one attached hydrogen (secondary N) is 2. The van der Waals surface area contributed by atoms with Gasteiger partial charge in [-0.2, -0.15) is 0 Å². The summed E-state index contributed by atoms with van der Waals surface area (Å²) in [5.74, 6) is 0.762. The van der Waals surface area contributed by atoms with E-state index in [1.807, 2.05) is 45.0 Å². The average Bonchev–Trinajstić information content (AvgIpc) is 3.18. The third-order valence-electron chi connectivity index (χ3n) is 4.78. The van der Waals surface area contributed by atoms with Crippen molar-refractivity contribution in [2.45, 2.75) is 26.9 Å². The molecule has 1 amide bonds.